The Hall–Kier alpha value is -2.04. The lowest BCUT2D eigenvalue weighted by molar-refractivity contribution is -0.140. The average molecular weight is 393 g/mol. The molecule has 138 valence electrons. The maximum Gasteiger partial charge on any atom is 0.242 e. The van der Waals surface area contributed by atoms with Crippen molar-refractivity contribution in [2.45, 2.75) is 32.4 Å². The topological polar surface area (TPSA) is 49.4 Å². The van der Waals surface area contributed by atoms with Gasteiger partial charge in [-0.3, -0.25) is 9.59 Å². The third-order valence-electron chi connectivity index (χ3n) is 4.22. The number of carbonyl (C=O) groups excluding carboxylic acids is 2. The zero-order valence-corrected chi connectivity index (χ0v) is 16.3. The fraction of sp³-hybridized carbons (Fsp3) is 0.300. The van der Waals surface area contributed by atoms with E-state index in [1.165, 1.54) is 0 Å². The monoisotopic (exact) mass is 392 g/mol. The summed E-state index contributed by atoms with van der Waals surface area (Å²) in [6.07, 6.45) is 0.549. The highest BCUT2D eigenvalue weighted by Crippen LogP contribution is 2.26. The number of halogens is 2. The highest BCUT2D eigenvalue weighted by molar-refractivity contribution is 6.36. The largest absolute Gasteiger partial charge is 0.357 e. The lowest BCUT2D eigenvalue weighted by Gasteiger charge is -2.30. The van der Waals surface area contributed by atoms with Crippen LogP contribution in [0.3, 0.4) is 0 Å². The van der Waals surface area contributed by atoms with E-state index in [0.29, 0.717) is 28.6 Å². The minimum atomic E-state index is -0.561. The van der Waals surface area contributed by atoms with E-state index in [1.54, 1.807) is 30.1 Å². The van der Waals surface area contributed by atoms with Crippen molar-refractivity contribution in [3.8, 4) is 0 Å². The van der Waals surface area contributed by atoms with Gasteiger partial charge in [-0.15, -0.1) is 0 Å². The normalized spacial score (nSPS) is 11.7. The Kier molecular flexibility index (Phi) is 7.49. The molecule has 1 atom stereocenters. The quantitative estimate of drug-likeness (QED) is 0.771. The first-order chi connectivity index (χ1) is 12.5. The van der Waals surface area contributed by atoms with Crippen molar-refractivity contribution in [3.05, 3.63) is 69.7 Å². The molecule has 26 heavy (non-hydrogen) atoms. The average Bonchev–Trinajstić information content (AvgIpc) is 2.65. The number of rotatable bonds is 7. The van der Waals surface area contributed by atoms with Crippen molar-refractivity contribution >= 4 is 35.0 Å². The summed E-state index contributed by atoms with van der Waals surface area (Å²) in [7, 11) is 1.57. The number of nitrogens with zero attached hydrogens (tertiary/aromatic N) is 1. The third kappa shape index (κ3) is 4.99. The van der Waals surface area contributed by atoms with E-state index in [2.05, 4.69) is 5.32 Å². The molecule has 0 spiro atoms. The molecule has 4 nitrogen and oxygen atoms in total. The van der Waals surface area contributed by atoms with Gasteiger partial charge >= 0.3 is 0 Å². The predicted octanol–water partition coefficient (Wildman–Crippen LogP) is 4.09. The van der Waals surface area contributed by atoms with Gasteiger partial charge in [0.2, 0.25) is 11.8 Å². The molecule has 6 heteroatoms. The Morgan fingerprint density at radius 3 is 2.19 bits per heavy atom. The molecule has 2 amide bonds. The van der Waals surface area contributed by atoms with Gasteiger partial charge in [0.1, 0.15) is 6.04 Å². The first kappa shape index (κ1) is 20.3. The molecule has 2 aromatic rings. The SMILES string of the molecule is CCC(C(=O)NC)N(Cc1ccccc1)C(=O)Cc1c(Cl)cccc1Cl. The molecule has 0 heterocycles. The number of amides is 2. The molecule has 0 bridgehead atoms. The summed E-state index contributed by atoms with van der Waals surface area (Å²) in [5, 5.41) is 3.52. The van der Waals surface area contributed by atoms with Crippen LogP contribution in [0.15, 0.2) is 48.5 Å². The Morgan fingerprint density at radius 2 is 1.65 bits per heavy atom. The Balaban J connectivity index is 2.32. The third-order valence-corrected chi connectivity index (χ3v) is 4.93. The zero-order valence-electron chi connectivity index (χ0n) is 14.8. The van der Waals surface area contributed by atoms with Crippen LogP contribution in [0.2, 0.25) is 10.0 Å². The van der Waals surface area contributed by atoms with Gasteiger partial charge in [0, 0.05) is 23.6 Å². The number of carbonyl (C=O) groups is 2. The van der Waals surface area contributed by atoms with Crippen LogP contribution in [0.5, 0.6) is 0 Å². The first-order valence-electron chi connectivity index (χ1n) is 8.45. The minimum absolute atomic E-state index is 0.0405. The second kappa shape index (κ2) is 9.60. The molecule has 0 aliphatic rings. The fourth-order valence-corrected chi connectivity index (χ4v) is 3.35. The summed E-state index contributed by atoms with van der Waals surface area (Å²) in [5.74, 6) is -0.388. The van der Waals surface area contributed by atoms with Crippen LogP contribution in [0, 0.1) is 0 Å². The number of likely N-dealkylation sites (N-methyl/N-ethyl adjacent to an activating group) is 1. The van der Waals surface area contributed by atoms with Crippen LogP contribution in [0.25, 0.3) is 0 Å². The van der Waals surface area contributed by atoms with Crippen LogP contribution in [0.4, 0.5) is 0 Å². The molecule has 1 N–H and O–H groups in total. The molecule has 2 rings (SSSR count). The van der Waals surface area contributed by atoms with Crippen molar-refractivity contribution in [2.24, 2.45) is 0 Å². The standard InChI is InChI=1S/C20H22Cl2N2O2/c1-3-18(20(26)23-2)24(13-14-8-5-4-6-9-14)19(25)12-15-16(21)10-7-11-17(15)22/h4-11,18H,3,12-13H2,1-2H3,(H,23,26). The highest BCUT2D eigenvalue weighted by atomic mass is 35.5. The second-order valence-electron chi connectivity index (χ2n) is 5.92. The Bertz CT molecular complexity index is 745. The number of benzene rings is 2. The smallest absolute Gasteiger partial charge is 0.242 e. The lowest BCUT2D eigenvalue weighted by Crippen LogP contribution is -2.48. The van der Waals surface area contributed by atoms with Gasteiger partial charge in [0.25, 0.3) is 0 Å². The number of hydrogen-bond acceptors (Lipinski definition) is 2. The zero-order chi connectivity index (χ0) is 19.1. The molecule has 0 saturated heterocycles. The van der Waals surface area contributed by atoms with Crippen molar-refractivity contribution in [3.63, 3.8) is 0 Å². The van der Waals surface area contributed by atoms with E-state index < -0.39 is 6.04 Å². The first-order valence-corrected chi connectivity index (χ1v) is 9.21. The van der Waals surface area contributed by atoms with E-state index in [-0.39, 0.29) is 18.2 Å². The molecular weight excluding hydrogens is 371 g/mol. The van der Waals surface area contributed by atoms with Crippen LogP contribution in [-0.4, -0.2) is 29.8 Å². The van der Waals surface area contributed by atoms with E-state index >= 15 is 0 Å². The van der Waals surface area contributed by atoms with Crippen LogP contribution < -0.4 is 5.32 Å². The van der Waals surface area contributed by atoms with E-state index in [0.717, 1.165) is 5.56 Å². The summed E-state index contributed by atoms with van der Waals surface area (Å²) in [5.41, 5.74) is 1.53. The summed E-state index contributed by atoms with van der Waals surface area (Å²) in [6, 6.07) is 14.2. The number of nitrogens with one attached hydrogen (secondary N) is 1. The summed E-state index contributed by atoms with van der Waals surface area (Å²) in [4.78, 5) is 27.0. The fourth-order valence-electron chi connectivity index (χ4n) is 2.82. The summed E-state index contributed by atoms with van der Waals surface area (Å²) < 4.78 is 0. The van der Waals surface area contributed by atoms with Gasteiger partial charge in [0.05, 0.1) is 6.42 Å². The van der Waals surface area contributed by atoms with Crippen molar-refractivity contribution in [2.75, 3.05) is 7.05 Å². The van der Waals surface area contributed by atoms with Crippen molar-refractivity contribution in [1.82, 2.24) is 10.2 Å². The van der Waals surface area contributed by atoms with E-state index in [9.17, 15) is 9.59 Å². The van der Waals surface area contributed by atoms with Gasteiger partial charge in [-0.1, -0.05) is 66.5 Å². The molecule has 0 saturated carbocycles. The molecule has 1 unspecified atom stereocenters. The number of hydrogen-bond donors (Lipinski definition) is 1. The van der Waals surface area contributed by atoms with E-state index in [4.69, 9.17) is 23.2 Å². The van der Waals surface area contributed by atoms with Crippen LogP contribution in [0.1, 0.15) is 24.5 Å². The molecule has 0 aliphatic heterocycles. The maximum atomic E-state index is 13.1. The Morgan fingerprint density at radius 1 is 1.04 bits per heavy atom. The molecular formula is C20H22Cl2N2O2. The summed E-state index contributed by atoms with van der Waals surface area (Å²) in [6.45, 7) is 2.22. The molecule has 2 aromatic carbocycles. The maximum absolute atomic E-state index is 13.1. The molecule has 0 aliphatic carbocycles. The Labute approximate surface area is 164 Å². The van der Waals surface area contributed by atoms with Gasteiger partial charge < -0.3 is 10.2 Å². The van der Waals surface area contributed by atoms with E-state index in [1.807, 2.05) is 37.3 Å². The summed E-state index contributed by atoms with van der Waals surface area (Å²) >= 11 is 12.4. The highest BCUT2D eigenvalue weighted by Gasteiger charge is 2.28. The molecule has 0 radical (unpaired) electrons. The minimum Gasteiger partial charge on any atom is -0.357 e. The molecule has 0 fully saturated rings. The van der Waals surface area contributed by atoms with Gasteiger partial charge in [-0.05, 0) is 29.7 Å². The predicted molar refractivity (Wildman–Crippen MR) is 105 cm³/mol. The van der Waals surface area contributed by atoms with Gasteiger partial charge in [-0.2, -0.15) is 0 Å². The second-order valence-corrected chi connectivity index (χ2v) is 6.74. The molecule has 0 aromatic heterocycles. The van der Waals surface area contributed by atoms with Gasteiger partial charge in [0.15, 0.2) is 0 Å². The van der Waals surface area contributed by atoms with Crippen LogP contribution in [-0.2, 0) is 22.6 Å². The van der Waals surface area contributed by atoms with Crippen LogP contribution >= 0.6 is 23.2 Å². The van der Waals surface area contributed by atoms with Crippen molar-refractivity contribution in [1.29, 1.82) is 0 Å². The van der Waals surface area contributed by atoms with Crippen molar-refractivity contribution < 1.29 is 9.59 Å². The van der Waals surface area contributed by atoms with Gasteiger partial charge in [-0.25, -0.2) is 0 Å². The lowest BCUT2D eigenvalue weighted by atomic mass is 10.1.